The molecule has 0 aliphatic heterocycles. The zero-order valence-corrected chi connectivity index (χ0v) is 35.2. The second-order valence-electron chi connectivity index (χ2n) is 15.3. The van der Waals surface area contributed by atoms with Gasteiger partial charge >= 0.3 is 11.9 Å². The Kier molecular flexibility index (Phi) is 25.1. The molecule has 0 radical (unpaired) electrons. The van der Waals surface area contributed by atoms with E-state index in [-0.39, 0.29) is 24.7 Å². The van der Waals surface area contributed by atoms with E-state index in [9.17, 15) is 78.3 Å². The first-order valence-electron chi connectivity index (χ1n) is 19.5. The Balaban J connectivity index is 6.31. The maximum atomic E-state index is 13.8. The monoisotopic (exact) mass is 890 g/mol. The number of rotatable bonds is 30. The van der Waals surface area contributed by atoms with Crippen molar-refractivity contribution in [3.63, 3.8) is 0 Å². The number of hydrogen-bond donors (Lipinski definition) is 15. The summed E-state index contributed by atoms with van der Waals surface area (Å²) in [5.41, 5.74) is 15.9. The normalized spacial score (nSPS) is 15.5. The van der Waals surface area contributed by atoms with Crippen LogP contribution in [-0.4, -0.2) is 158 Å². The number of aliphatic carboxylic acids is 2. The molecule has 0 spiro atoms. The van der Waals surface area contributed by atoms with Crippen molar-refractivity contribution in [3.05, 3.63) is 0 Å². The second kappa shape index (κ2) is 27.8. The van der Waals surface area contributed by atoms with Gasteiger partial charge in [0, 0.05) is 12.8 Å². The van der Waals surface area contributed by atoms with E-state index in [1.54, 1.807) is 27.7 Å². The molecule has 0 aromatic carbocycles. The average molecular weight is 891 g/mol. The molecule has 0 heterocycles. The lowest BCUT2D eigenvalue weighted by molar-refractivity contribution is -0.144. The number of hydrogen-bond acceptors (Lipinski definition) is 15. The largest absolute Gasteiger partial charge is 0.481 e. The minimum absolute atomic E-state index is 0.0589. The molecular weight excluding hydrogens is 828 g/mol. The Bertz CT molecular complexity index is 1610. The van der Waals surface area contributed by atoms with Crippen LogP contribution in [0.5, 0.6) is 0 Å². The highest BCUT2D eigenvalue weighted by Gasteiger charge is 2.35. The highest BCUT2D eigenvalue weighted by molar-refractivity contribution is 5.98. The molecule has 0 fully saturated rings. The molecule has 0 bridgehead atoms. The number of carboxylic acid groups (broad SMARTS) is 2. The number of carbonyl (C=O) groups is 11. The Morgan fingerprint density at radius 3 is 1.13 bits per heavy atom. The SMILES string of the molecule is CC(C)C[C@H](NC(=O)[C@H](CC(C)C)NC(=O)[C@H](CCC(N)=O)NC(=O)[C@H](CO)NC(=O)[C@@H](N)[C@@H](C)O)C(=O)N[C@@H](CO)C(=O)N[C@@H](CC(=O)O)C(=O)N[C@@H](CCC(N)=O)C(=O)O. The molecule has 26 nitrogen and oxygen atoms in total. The molecule has 9 amide bonds. The summed E-state index contributed by atoms with van der Waals surface area (Å²) >= 11 is 0. The smallest absolute Gasteiger partial charge is 0.326 e. The highest BCUT2D eigenvalue weighted by Crippen LogP contribution is 2.11. The molecule has 0 aromatic heterocycles. The quantitative estimate of drug-likeness (QED) is 0.0319. The molecule has 26 heteroatoms. The summed E-state index contributed by atoms with van der Waals surface area (Å²) in [6, 6.07) is -13.1. The van der Waals surface area contributed by atoms with Gasteiger partial charge in [0.2, 0.25) is 53.2 Å². The lowest BCUT2D eigenvalue weighted by Gasteiger charge is -2.28. The Morgan fingerprint density at radius 1 is 0.468 bits per heavy atom. The standard InChI is InChI=1S/C36H62N10O16/c1-15(2)10-20(42-29(54)18(6-8-25(37)50)40-33(58)24(14-48)46-35(60)28(39)17(5)49)30(55)43-21(11-16(3)4)31(56)45-23(13-47)34(59)44-22(12-27(52)53)32(57)41-19(36(61)62)7-9-26(38)51/h15-24,28,47-49H,6-14,39H2,1-5H3,(H2,37,50)(H2,38,51)(H,40,58)(H,41,57)(H,42,54)(H,43,55)(H,44,59)(H,45,56)(H,46,60)(H,52,53)(H,61,62)/t17-,18+,19+,20+,21+,22+,23+,24+,28+/m1/s1. The van der Waals surface area contributed by atoms with E-state index < -0.39 is 165 Å². The van der Waals surface area contributed by atoms with Crippen LogP contribution in [0.25, 0.3) is 0 Å². The average Bonchev–Trinajstić information content (AvgIpc) is 3.16. The van der Waals surface area contributed by atoms with E-state index in [1.807, 2.05) is 10.6 Å². The maximum Gasteiger partial charge on any atom is 0.326 e. The third-order valence-corrected chi connectivity index (χ3v) is 8.75. The number of carboxylic acids is 2. The van der Waals surface area contributed by atoms with Crippen LogP contribution in [0.3, 0.4) is 0 Å². The lowest BCUT2D eigenvalue weighted by Crippen LogP contribution is -2.61. The van der Waals surface area contributed by atoms with Crippen molar-refractivity contribution in [3.8, 4) is 0 Å². The van der Waals surface area contributed by atoms with Gasteiger partial charge in [-0.2, -0.15) is 0 Å². The van der Waals surface area contributed by atoms with Gasteiger partial charge in [0.1, 0.15) is 48.3 Å². The predicted octanol–water partition coefficient (Wildman–Crippen LogP) is -6.74. The zero-order chi connectivity index (χ0) is 48.0. The molecule has 352 valence electrons. The van der Waals surface area contributed by atoms with Gasteiger partial charge in [-0.3, -0.25) is 47.9 Å². The van der Waals surface area contributed by atoms with E-state index in [0.29, 0.717) is 0 Å². The van der Waals surface area contributed by atoms with Crippen molar-refractivity contribution in [2.45, 2.75) is 134 Å². The molecule has 0 saturated carbocycles. The number of nitrogens with one attached hydrogen (secondary N) is 7. The van der Waals surface area contributed by atoms with Crippen molar-refractivity contribution >= 4 is 65.1 Å². The van der Waals surface area contributed by atoms with E-state index in [1.165, 1.54) is 6.92 Å². The fourth-order valence-electron chi connectivity index (χ4n) is 5.40. The van der Waals surface area contributed by atoms with E-state index >= 15 is 0 Å². The molecule has 0 aromatic rings. The first-order valence-corrected chi connectivity index (χ1v) is 19.5. The molecule has 0 unspecified atom stereocenters. The van der Waals surface area contributed by atoms with E-state index in [2.05, 4.69) is 26.6 Å². The van der Waals surface area contributed by atoms with Crippen molar-refractivity contribution in [1.29, 1.82) is 0 Å². The van der Waals surface area contributed by atoms with Gasteiger partial charge in [-0.05, 0) is 44.4 Å². The summed E-state index contributed by atoms with van der Waals surface area (Å²) in [4.78, 5) is 138. The van der Waals surface area contributed by atoms with Crippen LogP contribution < -0.4 is 54.4 Å². The summed E-state index contributed by atoms with van der Waals surface area (Å²) in [5, 5.41) is 63.7. The van der Waals surface area contributed by atoms with Gasteiger partial charge in [-0.1, -0.05) is 27.7 Å². The molecule has 0 saturated heterocycles. The Morgan fingerprint density at radius 2 is 0.774 bits per heavy atom. The van der Waals surface area contributed by atoms with Crippen LogP contribution in [0.4, 0.5) is 0 Å². The summed E-state index contributed by atoms with van der Waals surface area (Å²) < 4.78 is 0. The Hall–Kier alpha value is -5.99. The summed E-state index contributed by atoms with van der Waals surface area (Å²) in [6.07, 6.45) is -4.33. The van der Waals surface area contributed by atoms with Crippen LogP contribution in [0.2, 0.25) is 0 Å². The van der Waals surface area contributed by atoms with Gasteiger partial charge in [-0.15, -0.1) is 0 Å². The number of primary amides is 2. The number of carbonyl (C=O) groups excluding carboxylic acids is 9. The second-order valence-corrected chi connectivity index (χ2v) is 15.3. The van der Waals surface area contributed by atoms with Crippen LogP contribution in [0.15, 0.2) is 0 Å². The lowest BCUT2D eigenvalue weighted by atomic mass is 9.99. The third kappa shape index (κ3) is 21.5. The first-order chi connectivity index (χ1) is 28.7. The number of amides is 9. The Labute approximate surface area is 356 Å². The van der Waals surface area contributed by atoms with Crippen molar-refractivity contribution in [1.82, 2.24) is 37.2 Å². The first kappa shape index (κ1) is 56.0. The van der Waals surface area contributed by atoms with Crippen molar-refractivity contribution in [2.24, 2.45) is 29.0 Å². The van der Waals surface area contributed by atoms with Gasteiger partial charge in [0.15, 0.2) is 0 Å². The summed E-state index contributed by atoms with van der Waals surface area (Å²) in [7, 11) is 0. The van der Waals surface area contributed by atoms with Crippen molar-refractivity contribution < 1.29 is 78.3 Å². The molecule has 9 atom stereocenters. The van der Waals surface area contributed by atoms with E-state index in [0.717, 1.165) is 0 Å². The third-order valence-electron chi connectivity index (χ3n) is 8.75. The van der Waals surface area contributed by atoms with Crippen LogP contribution >= 0.6 is 0 Å². The van der Waals surface area contributed by atoms with Crippen LogP contribution in [-0.2, 0) is 52.7 Å². The van der Waals surface area contributed by atoms with Crippen LogP contribution in [0.1, 0.15) is 79.6 Å². The number of nitrogens with two attached hydrogens (primary N) is 3. The summed E-state index contributed by atoms with van der Waals surface area (Å²) in [5.74, 6) is -13.3. The molecular formula is C36H62N10O16. The number of aliphatic hydroxyl groups is 3. The predicted molar refractivity (Wildman–Crippen MR) is 213 cm³/mol. The van der Waals surface area contributed by atoms with Gasteiger partial charge in [0.25, 0.3) is 0 Å². The minimum Gasteiger partial charge on any atom is -0.481 e. The highest BCUT2D eigenvalue weighted by atomic mass is 16.4. The topological polar surface area (TPSA) is 451 Å². The molecule has 18 N–H and O–H groups in total. The zero-order valence-electron chi connectivity index (χ0n) is 35.2. The molecule has 0 rings (SSSR count). The molecule has 0 aliphatic carbocycles. The minimum atomic E-state index is -1.94. The molecule has 62 heavy (non-hydrogen) atoms. The van der Waals surface area contributed by atoms with Gasteiger partial charge in [0.05, 0.1) is 25.7 Å². The van der Waals surface area contributed by atoms with E-state index in [4.69, 9.17) is 17.2 Å². The number of aliphatic hydroxyl groups excluding tert-OH is 3. The fraction of sp³-hybridized carbons (Fsp3) is 0.694. The molecule has 0 aliphatic rings. The van der Waals surface area contributed by atoms with Gasteiger partial charge < -0.3 is 80.0 Å². The maximum absolute atomic E-state index is 13.8. The summed E-state index contributed by atoms with van der Waals surface area (Å²) in [6.45, 7) is 5.84. The van der Waals surface area contributed by atoms with Gasteiger partial charge in [-0.25, -0.2) is 4.79 Å². The van der Waals surface area contributed by atoms with Crippen LogP contribution in [0, 0.1) is 11.8 Å². The van der Waals surface area contributed by atoms with Crippen molar-refractivity contribution in [2.75, 3.05) is 13.2 Å². The fourth-order valence-corrected chi connectivity index (χ4v) is 5.40.